The Hall–Kier alpha value is -4.50. The van der Waals surface area contributed by atoms with E-state index >= 15 is 0 Å². The number of para-hydroxylation sites is 5. The van der Waals surface area contributed by atoms with E-state index in [1.807, 2.05) is 126 Å². The minimum Gasteiger partial charge on any atom is -0.464 e. The molecule has 2 atom stereocenters. The number of aliphatic hydroxyl groups excluding tert-OH is 1. The Kier molecular flexibility index (Phi) is 45.8. The number of carbonyl (C=O) groups excluding carboxylic acids is 3. The summed E-state index contributed by atoms with van der Waals surface area (Å²) in [5.74, 6) is -0.337. The van der Waals surface area contributed by atoms with E-state index in [-0.39, 0.29) is 112 Å². The maximum atomic E-state index is 12.3. The third-order valence-electron chi connectivity index (χ3n) is 12.0. The van der Waals surface area contributed by atoms with Crippen LogP contribution in [0.5, 0.6) is 0 Å². The van der Waals surface area contributed by atoms with E-state index in [0.29, 0.717) is 32.1 Å². The number of ether oxygens (including phenoxy) is 2. The topological polar surface area (TPSA) is 156 Å². The van der Waals surface area contributed by atoms with Crippen LogP contribution < -0.4 is 31.1 Å². The fourth-order valence-corrected chi connectivity index (χ4v) is 8.30. The summed E-state index contributed by atoms with van der Waals surface area (Å²) in [5.41, 5.74) is 10.8. The Morgan fingerprint density at radius 3 is 1.37 bits per heavy atom. The van der Waals surface area contributed by atoms with E-state index in [9.17, 15) is 19.5 Å². The molecule has 0 bridgehead atoms. The molecule has 4 saturated heterocycles. The molecule has 2 radical (unpaired) electrons. The first-order valence-electron chi connectivity index (χ1n) is 26.7. The first kappa shape index (κ1) is 75.6. The smallest absolute Gasteiger partial charge is 0.330 e. The molecular weight excluding hydrogens is 1130 g/mol. The summed E-state index contributed by atoms with van der Waals surface area (Å²) in [6.45, 7) is 25.1. The van der Waals surface area contributed by atoms with Gasteiger partial charge in [-0.3, -0.25) is 19.4 Å². The molecular formula is C62H94N8O6Y2-2. The van der Waals surface area contributed by atoms with Gasteiger partial charge >= 0.3 is 11.9 Å². The van der Waals surface area contributed by atoms with Gasteiger partial charge in [-0.25, -0.2) is 4.79 Å². The molecule has 0 aromatic heterocycles. The zero-order chi connectivity index (χ0) is 53.6. The number of nitrogens with one attached hydrogen (secondary N) is 2. The normalized spacial score (nSPS) is 16.2. The Bertz CT molecular complexity index is 2230. The average Bonchev–Trinajstić information content (AvgIpc) is 4.17. The van der Waals surface area contributed by atoms with Gasteiger partial charge in [-0.1, -0.05) is 133 Å². The summed E-state index contributed by atoms with van der Waals surface area (Å²) >= 11 is 0. The van der Waals surface area contributed by atoms with Crippen molar-refractivity contribution in [2.75, 3.05) is 124 Å². The number of hydrogen-bond acceptors (Lipinski definition) is 13. The fourth-order valence-electron chi connectivity index (χ4n) is 8.30. The molecule has 5 aromatic rings. The Morgan fingerprint density at radius 2 is 1.03 bits per heavy atom. The number of nitrogens with two attached hydrogens (primary N) is 1. The van der Waals surface area contributed by atoms with Gasteiger partial charge in [0.15, 0.2) is 0 Å². The van der Waals surface area contributed by atoms with Gasteiger partial charge in [0.05, 0.1) is 19.1 Å². The van der Waals surface area contributed by atoms with Crippen LogP contribution in [0.3, 0.4) is 0 Å². The summed E-state index contributed by atoms with van der Waals surface area (Å²) in [7, 11) is 0. The van der Waals surface area contributed by atoms with E-state index in [0.717, 1.165) is 89.9 Å². The summed E-state index contributed by atoms with van der Waals surface area (Å²) in [6, 6.07) is 50.5. The second-order valence-corrected chi connectivity index (χ2v) is 16.7. The number of benzene rings is 5. The van der Waals surface area contributed by atoms with Gasteiger partial charge in [-0.05, 0) is 66.7 Å². The molecule has 78 heavy (non-hydrogen) atoms. The van der Waals surface area contributed by atoms with Crippen LogP contribution in [0.15, 0.2) is 164 Å². The van der Waals surface area contributed by atoms with Gasteiger partial charge in [0.25, 0.3) is 0 Å². The minimum absolute atomic E-state index is 0. The quantitative estimate of drug-likeness (QED) is 0.0629. The summed E-state index contributed by atoms with van der Waals surface area (Å²) < 4.78 is 9.44. The van der Waals surface area contributed by atoms with Crippen molar-refractivity contribution in [3.05, 3.63) is 179 Å². The van der Waals surface area contributed by atoms with Crippen LogP contribution in [0.25, 0.3) is 0 Å². The van der Waals surface area contributed by atoms with Crippen LogP contribution in [0.4, 0.5) is 28.4 Å². The number of piperazine rings is 3. The molecule has 4 fully saturated rings. The number of nitrogen functional groups attached to an aromatic ring is 1. The number of amides is 1. The van der Waals surface area contributed by atoms with E-state index in [1.54, 1.807) is 6.08 Å². The van der Waals surface area contributed by atoms with Crippen LogP contribution in [0, 0.1) is 14.9 Å². The number of anilines is 5. The molecule has 1 amide bonds. The number of cyclic esters (lactones) is 2. The zero-order valence-electron chi connectivity index (χ0n) is 48.2. The SMILES string of the molecule is CC.CC.CC.Nc1ccccc1.O=C(CC(CO)N1CCN(c2ccccc2)CC1)Nc1ccccc1.O=C1C=CCO1.O=C1CC(N2CCN(c3ccccc3)CC2)CO1.[2HH].[CH3-].[CH3-].[Y].[Y].c1ccc(N2CCNCC2)cc1. The second-order valence-electron chi connectivity index (χ2n) is 16.7. The Labute approximate surface area is 522 Å². The number of esters is 2. The molecule has 426 valence electrons. The third-order valence-corrected chi connectivity index (χ3v) is 12.0. The van der Waals surface area contributed by atoms with E-state index in [2.05, 4.69) is 107 Å². The monoisotopic (exact) mass is 1230 g/mol. The third kappa shape index (κ3) is 29.6. The van der Waals surface area contributed by atoms with Crippen molar-refractivity contribution in [3.63, 3.8) is 0 Å². The van der Waals surface area contributed by atoms with Crippen LogP contribution in [0.1, 0.15) is 55.8 Å². The molecule has 0 aliphatic carbocycles. The molecule has 14 nitrogen and oxygen atoms in total. The Morgan fingerprint density at radius 1 is 0.615 bits per heavy atom. The van der Waals surface area contributed by atoms with Gasteiger partial charge in [0, 0.05) is 192 Å². The molecule has 5 aliphatic rings. The summed E-state index contributed by atoms with van der Waals surface area (Å²) in [5, 5.41) is 16.0. The predicted octanol–water partition coefficient (Wildman–Crippen LogP) is 10.0. The second kappa shape index (κ2) is 47.3. The number of aliphatic hydroxyl groups is 1. The van der Waals surface area contributed by atoms with Crippen molar-refractivity contribution >= 4 is 46.3 Å². The predicted molar refractivity (Wildman–Crippen MR) is 322 cm³/mol. The van der Waals surface area contributed by atoms with Gasteiger partial charge in [-0.2, -0.15) is 0 Å². The first-order valence-corrected chi connectivity index (χ1v) is 26.7. The molecule has 0 saturated carbocycles. The van der Waals surface area contributed by atoms with Crippen LogP contribution >= 0.6 is 0 Å². The van der Waals surface area contributed by atoms with Gasteiger partial charge in [0.2, 0.25) is 5.91 Å². The maximum absolute atomic E-state index is 12.3. The van der Waals surface area contributed by atoms with Crippen molar-refractivity contribution in [2.24, 2.45) is 0 Å². The van der Waals surface area contributed by atoms with Crippen LogP contribution in [-0.2, 0) is 89.3 Å². The maximum Gasteiger partial charge on any atom is 0.330 e. The standard InChI is InChI=1S/C20H25N3O2.C14H18N2O2.C10H14N2.C6H7N.C4H4O2.3C2H6.2CH3.2Y.H2/c24-16-19(15-20(25)21-17-7-3-1-4-8-17)23-13-11-22(12-14-23)18-9-5-2-6-10-18;17-14-10-13(11-18-14)16-8-6-15(7-9-16)12-4-2-1-3-5-12;1-2-4-10(5-3-1)12-8-6-11-7-9-12;7-6-4-2-1-3-5-6;5-4-2-1-3-6-4;3*1-2;;;;;/h1-10,19,24H,11-16H2,(H,21,25);1-5,13H,6-11H2;1-5,11H,6-9H2;1-5H,7H2;1-2H,3H2;3*1-2H3;2*1H3;;;1H/q;;;;;;;;2*-1;;;/i;;;;;;;;;;;;1+1. The zero-order valence-corrected chi connectivity index (χ0v) is 53.9. The molecule has 0 spiro atoms. The number of carbonyl (C=O) groups is 3. The van der Waals surface area contributed by atoms with Gasteiger partial charge in [0.1, 0.15) is 13.2 Å². The molecule has 5 aliphatic heterocycles. The van der Waals surface area contributed by atoms with E-state index in [1.165, 1.54) is 23.1 Å². The summed E-state index contributed by atoms with van der Waals surface area (Å²) in [4.78, 5) is 45.1. The van der Waals surface area contributed by atoms with Crippen LogP contribution in [0.2, 0.25) is 0 Å². The first-order chi connectivity index (χ1) is 36.3. The van der Waals surface area contributed by atoms with Gasteiger partial charge < -0.3 is 60.5 Å². The fraction of sp³-hybridized carbons (Fsp3) is 0.403. The number of nitrogens with zero attached hydrogens (tertiary/aromatic N) is 5. The average molecular weight is 1230 g/mol. The summed E-state index contributed by atoms with van der Waals surface area (Å²) in [6.07, 6.45) is 3.96. The minimum atomic E-state index is -0.227. The van der Waals surface area contributed by atoms with Crippen LogP contribution in [-0.4, -0.2) is 143 Å². The largest absolute Gasteiger partial charge is 0.464 e. The van der Waals surface area contributed by atoms with E-state index < -0.39 is 0 Å². The molecule has 2 unspecified atom stereocenters. The van der Waals surface area contributed by atoms with Crippen molar-refractivity contribution in [1.29, 1.82) is 0 Å². The molecule has 16 heteroatoms. The van der Waals surface area contributed by atoms with Gasteiger partial charge in [-0.15, -0.1) is 0 Å². The Balaban J connectivity index is -0.000000943. The van der Waals surface area contributed by atoms with Crippen molar-refractivity contribution in [2.45, 2.75) is 66.5 Å². The number of hydrogen-bond donors (Lipinski definition) is 4. The molecule has 5 aromatic carbocycles. The van der Waals surface area contributed by atoms with Crippen molar-refractivity contribution < 1.29 is 95.8 Å². The van der Waals surface area contributed by atoms with E-state index in [4.69, 9.17) is 10.5 Å². The molecule has 5 N–H and O–H groups in total. The van der Waals surface area contributed by atoms with Crippen molar-refractivity contribution in [3.8, 4) is 0 Å². The molecule has 5 heterocycles. The number of rotatable bonds is 9. The molecule has 10 rings (SSSR count). The van der Waals surface area contributed by atoms with Crippen molar-refractivity contribution in [1.82, 2.24) is 15.1 Å².